The summed E-state index contributed by atoms with van der Waals surface area (Å²) < 4.78 is 8.56. The Morgan fingerprint density at radius 2 is 1.69 bits per heavy atom. The van der Waals surface area contributed by atoms with Gasteiger partial charge in [0.1, 0.15) is 0 Å². The van der Waals surface area contributed by atoms with E-state index in [9.17, 15) is 0 Å². The van der Waals surface area contributed by atoms with E-state index in [4.69, 9.17) is 4.52 Å². The van der Waals surface area contributed by atoms with E-state index in [1.165, 1.54) is 6.17 Å². The molecule has 0 aromatic carbocycles. The van der Waals surface area contributed by atoms with Crippen LogP contribution in [0.4, 0.5) is 0 Å². The zero-order chi connectivity index (χ0) is 10.5. The molecule has 0 spiro atoms. The molecule has 1 fully saturated rings. The van der Waals surface area contributed by atoms with Crippen molar-refractivity contribution in [3.8, 4) is 0 Å². The summed E-state index contributed by atoms with van der Waals surface area (Å²) in [5.41, 5.74) is 0. The van der Waals surface area contributed by atoms with Crippen molar-refractivity contribution < 1.29 is 4.52 Å². The summed E-state index contributed by atoms with van der Waals surface area (Å²) in [7, 11) is -0.989. The molecule has 0 aliphatic carbocycles. The number of hydrogen-bond acceptors (Lipinski definition) is 2. The fourth-order valence-corrected chi connectivity index (χ4v) is 8.75. The van der Waals surface area contributed by atoms with Crippen molar-refractivity contribution in [3.63, 3.8) is 0 Å². The Morgan fingerprint density at radius 3 is 1.85 bits per heavy atom. The number of hydrogen-bond donors (Lipinski definition) is 0. The average Bonchev–Trinajstić information content (AvgIpc) is 1.78. The normalized spacial score (nSPS) is 35.9. The molecule has 13 heavy (non-hydrogen) atoms. The predicted molar refractivity (Wildman–Crippen MR) is 65.3 cm³/mol. The van der Waals surface area contributed by atoms with E-state index < -0.39 is 15.1 Å². The van der Waals surface area contributed by atoms with E-state index in [2.05, 4.69) is 51.2 Å². The van der Waals surface area contributed by atoms with Crippen LogP contribution in [0.5, 0.6) is 0 Å². The van der Waals surface area contributed by atoms with Crippen LogP contribution in [0.2, 0.25) is 19.6 Å². The first-order valence-electron chi connectivity index (χ1n) is 4.97. The van der Waals surface area contributed by atoms with Gasteiger partial charge in [0.05, 0.1) is 0 Å². The summed E-state index contributed by atoms with van der Waals surface area (Å²) in [4.78, 5) is 0. The van der Waals surface area contributed by atoms with Crippen molar-refractivity contribution in [1.82, 2.24) is 4.67 Å². The van der Waals surface area contributed by atoms with Crippen LogP contribution in [0.15, 0.2) is 0 Å². The van der Waals surface area contributed by atoms with Gasteiger partial charge in [0, 0.05) is 0 Å². The van der Waals surface area contributed by atoms with Gasteiger partial charge in [-0.2, -0.15) is 0 Å². The van der Waals surface area contributed by atoms with Crippen LogP contribution in [0.25, 0.3) is 0 Å². The molecule has 1 aliphatic rings. The first-order chi connectivity index (χ1) is 5.50. The van der Waals surface area contributed by atoms with Gasteiger partial charge in [0.2, 0.25) is 0 Å². The number of rotatable bonds is 2. The fraction of sp³-hybridized carbons (Fsp3) is 1.00. The summed E-state index contributed by atoms with van der Waals surface area (Å²) in [5.74, 6) is 0. The van der Waals surface area contributed by atoms with Crippen molar-refractivity contribution in [3.05, 3.63) is 0 Å². The zero-order valence-electron chi connectivity index (χ0n) is 10.1. The Hall–Kier alpha value is 0.567. The van der Waals surface area contributed by atoms with Crippen molar-refractivity contribution in [1.29, 1.82) is 0 Å². The van der Waals surface area contributed by atoms with Gasteiger partial charge < -0.3 is 0 Å². The Morgan fingerprint density at radius 1 is 1.23 bits per heavy atom. The van der Waals surface area contributed by atoms with Crippen LogP contribution < -0.4 is 0 Å². The second-order valence-electron chi connectivity index (χ2n) is 6.43. The molecule has 1 aliphatic heterocycles. The van der Waals surface area contributed by atoms with E-state index in [1.807, 2.05) is 0 Å². The van der Waals surface area contributed by atoms with Gasteiger partial charge in [-0.3, -0.25) is 0 Å². The third-order valence-electron chi connectivity index (χ3n) is 2.45. The van der Waals surface area contributed by atoms with Gasteiger partial charge in [-0.15, -0.1) is 0 Å². The molecule has 4 heteroatoms. The van der Waals surface area contributed by atoms with E-state index in [-0.39, 0.29) is 0 Å². The van der Waals surface area contributed by atoms with Gasteiger partial charge in [-0.1, -0.05) is 0 Å². The second kappa shape index (κ2) is 2.79. The van der Waals surface area contributed by atoms with E-state index in [1.54, 1.807) is 0 Å². The molecule has 0 aromatic heterocycles. The molecule has 0 radical (unpaired) electrons. The molecule has 80 valence electrons. The average molecular weight is 221 g/mol. The number of nitrogens with zero attached hydrogens (tertiary/aromatic N) is 1. The molecule has 0 bridgehead atoms. The van der Waals surface area contributed by atoms with E-state index >= 15 is 0 Å². The second-order valence-corrected chi connectivity index (χ2v) is 17.7. The third kappa shape index (κ3) is 2.53. The maximum atomic E-state index is 5.95. The minimum absolute atomic E-state index is 0.351. The Kier molecular flexibility index (Phi) is 2.49. The van der Waals surface area contributed by atoms with E-state index in [0.29, 0.717) is 6.23 Å². The molecule has 0 aromatic rings. The van der Waals surface area contributed by atoms with Crippen LogP contribution in [0, 0.1) is 0 Å². The Labute approximate surface area is 83.7 Å². The van der Waals surface area contributed by atoms with Crippen LogP contribution in [-0.4, -0.2) is 45.1 Å². The summed E-state index contributed by atoms with van der Waals surface area (Å²) in [5, 5.41) is 0. The fourth-order valence-electron chi connectivity index (χ4n) is 2.01. The molecule has 0 saturated carbocycles. The summed E-state index contributed by atoms with van der Waals surface area (Å²) in [6.45, 7) is 14.5. The molecule has 1 heterocycles. The first kappa shape index (κ1) is 11.6. The quantitative estimate of drug-likeness (QED) is 0.525. The molecular weight excluding hydrogens is 197 g/mol. The van der Waals surface area contributed by atoms with Crippen molar-refractivity contribution >= 4 is 15.1 Å². The Balaban J connectivity index is 2.70. The molecule has 0 amide bonds. The van der Waals surface area contributed by atoms with Crippen LogP contribution in [-0.2, 0) is 4.52 Å². The molecule has 1 unspecified atom stereocenters. The molecule has 1 atom stereocenters. The SMILES string of the molecule is CC1OP(C)(C)(C)N1C[Si](C)(C)C. The van der Waals surface area contributed by atoms with Gasteiger partial charge in [-0.05, 0) is 0 Å². The van der Waals surface area contributed by atoms with Crippen molar-refractivity contribution in [2.75, 3.05) is 26.2 Å². The van der Waals surface area contributed by atoms with Gasteiger partial charge in [-0.25, -0.2) is 0 Å². The van der Waals surface area contributed by atoms with Crippen LogP contribution in [0.1, 0.15) is 6.92 Å². The topological polar surface area (TPSA) is 12.5 Å². The summed E-state index contributed by atoms with van der Waals surface area (Å²) >= 11 is 0. The molecular formula is C9H24NOPSi. The first-order valence-corrected chi connectivity index (χ1v) is 12.1. The van der Waals surface area contributed by atoms with Gasteiger partial charge >= 0.3 is 83.2 Å². The molecule has 1 saturated heterocycles. The standard InChI is InChI=1S/C9H24NOPSi/c1-9-10(8-13(5,6)7)12(2,3,4)11-9/h9H,8H2,1-7H3. The van der Waals surface area contributed by atoms with Crippen LogP contribution >= 0.6 is 6.98 Å². The molecule has 2 nitrogen and oxygen atoms in total. The summed E-state index contributed by atoms with van der Waals surface area (Å²) in [6, 6.07) is 0. The Bertz CT molecular complexity index is 216. The predicted octanol–water partition coefficient (Wildman–Crippen LogP) is 2.81. The van der Waals surface area contributed by atoms with Crippen molar-refractivity contribution in [2.45, 2.75) is 32.8 Å². The van der Waals surface area contributed by atoms with Crippen LogP contribution in [0.3, 0.4) is 0 Å². The zero-order valence-corrected chi connectivity index (χ0v) is 12.0. The third-order valence-corrected chi connectivity index (χ3v) is 7.25. The van der Waals surface area contributed by atoms with Gasteiger partial charge in [0.25, 0.3) is 0 Å². The maximum absolute atomic E-state index is 5.95. The molecule has 1 rings (SSSR count). The minimum atomic E-state index is -1.85. The van der Waals surface area contributed by atoms with Crippen molar-refractivity contribution in [2.24, 2.45) is 0 Å². The molecule has 0 N–H and O–H groups in total. The monoisotopic (exact) mass is 221 g/mol. The van der Waals surface area contributed by atoms with E-state index in [0.717, 1.165) is 0 Å². The van der Waals surface area contributed by atoms with Gasteiger partial charge in [0.15, 0.2) is 0 Å². The summed E-state index contributed by atoms with van der Waals surface area (Å²) in [6.07, 6.45) is 1.62.